The van der Waals surface area contributed by atoms with E-state index in [1.165, 1.54) is 18.7 Å². The maximum absolute atomic E-state index is 11.7. The number of fused-ring (bicyclic) bond motifs is 1. The zero-order chi connectivity index (χ0) is 18.0. The number of likely N-dealkylation sites (tertiary alicyclic amines) is 1. The Labute approximate surface area is 155 Å². The number of aliphatic imine (C=N–C) groups is 1. The highest BCUT2D eigenvalue weighted by molar-refractivity contribution is 5.81. The van der Waals surface area contributed by atoms with Gasteiger partial charge in [-0.15, -0.1) is 0 Å². The van der Waals surface area contributed by atoms with Crippen LogP contribution >= 0.6 is 0 Å². The van der Waals surface area contributed by atoms with Crippen molar-refractivity contribution in [1.82, 2.24) is 25.1 Å². The van der Waals surface area contributed by atoms with Crippen molar-refractivity contribution in [1.29, 1.82) is 0 Å². The van der Waals surface area contributed by atoms with Crippen molar-refractivity contribution < 1.29 is 4.79 Å². The van der Waals surface area contributed by atoms with Gasteiger partial charge in [-0.05, 0) is 32.6 Å². The number of carbonyl (C=O) groups is 1. The molecule has 0 radical (unpaired) electrons. The molecule has 2 fully saturated rings. The van der Waals surface area contributed by atoms with Gasteiger partial charge in [0.2, 0.25) is 5.91 Å². The molecule has 2 N–H and O–H groups in total. The average molecular weight is 358 g/mol. The number of aryl methyl sites for hydroxylation is 2. The maximum atomic E-state index is 11.7. The average Bonchev–Trinajstić information content (AvgIpc) is 3.21. The predicted molar refractivity (Wildman–Crippen MR) is 101 cm³/mol. The van der Waals surface area contributed by atoms with Gasteiger partial charge in [0.15, 0.2) is 5.96 Å². The second-order valence-corrected chi connectivity index (χ2v) is 7.95. The smallest absolute Gasteiger partial charge is 0.220 e. The zero-order valence-corrected chi connectivity index (χ0v) is 15.8. The van der Waals surface area contributed by atoms with Crippen molar-refractivity contribution in [2.45, 2.75) is 58.5 Å². The van der Waals surface area contributed by atoms with Gasteiger partial charge in [-0.3, -0.25) is 4.79 Å². The molecule has 3 aliphatic rings. The summed E-state index contributed by atoms with van der Waals surface area (Å²) in [6.45, 7) is 7.35. The summed E-state index contributed by atoms with van der Waals surface area (Å²) in [6.07, 6.45) is 8.62. The lowest BCUT2D eigenvalue weighted by molar-refractivity contribution is -0.119. The van der Waals surface area contributed by atoms with Crippen molar-refractivity contribution in [3.05, 3.63) is 17.7 Å². The third-order valence-corrected chi connectivity index (χ3v) is 5.84. The van der Waals surface area contributed by atoms with Crippen LogP contribution in [0.25, 0.3) is 0 Å². The molecule has 1 aromatic heterocycles. The lowest BCUT2D eigenvalue weighted by atomic mass is 9.79. The molecule has 1 aromatic rings. The van der Waals surface area contributed by atoms with E-state index in [-0.39, 0.29) is 11.3 Å². The van der Waals surface area contributed by atoms with Crippen LogP contribution in [0.2, 0.25) is 0 Å². The molecule has 1 atom stereocenters. The number of amides is 1. The molecular weight excluding hydrogens is 328 g/mol. The SMILES string of the molecule is CCNC(=NCc1cn2c(n1)CCCC2)N1CCCC2(CNC(=O)C2)C1. The van der Waals surface area contributed by atoms with Crippen molar-refractivity contribution >= 4 is 11.9 Å². The van der Waals surface area contributed by atoms with Gasteiger partial charge in [0, 0.05) is 57.2 Å². The van der Waals surface area contributed by atoms with Crippen molar-refractivity contribution in [3.63, 3.8) is 0 Å². The van der Waals surface area contributed by atoms with Gasteiger partial charge in [0.05, 0.1) is 12.2 Å². The highest BCUT2D eigenvalue weighted by Gasteiger charge is 2.42. The van der Waals surface area contributed by atoms with E-state index in [0.29, 0.717) is 13.0 Å². The quantitative estimate of drug-likeness (QED) is 0.631. The van der Waals surface area contributed by atoms with E-state index in [4.69, 9.17) is 9.98 Å². The molecule has 1 unspecified atom stereocenters. The van der Waals surface area contributed by atoms with Crippen LogP contribution in [0, 0.1) is 5.41 Å². The van der Waals surface area contributed by atoms with Crippen LogP contribution in [0.1, 0.15) is 50.5 Å². The molecular formula is C19H30N6O. The maximum Gasteiger partial charge on any atom is 0.220 e. The van der Waals surface area contributed by atoms with Crippen LogP contribution < -0.4 is 10.6 Å². The monoisotopic (exact) mass is 358 g/mol. The van der Waals surface area contributed by atoms with Crippen LogP contribution in [-0.2, 0) is 24.3 Å². The minimum atomic E-state index is 0.0824. The van der Waals surface area contributed by atoms with E-state index in [2.05, 4.69) is 33.2 Å². The Bertz CT molecular complexity index is 673. The summed E-state index contributed by atoms with van der Waals surface area (Å²) in [5, 5.41) is 6.46. The van der Waals surface area contributed by atoms with Gasteiger partial charge in [-0.2, -0.15) is 0 Å². The number of imidazole rings is 1. The lowest BCUT2D eigenvalue weighted by Gasteiger charge is -2.40. The summed E-state index contributed by atoms with van der Waals surface area (Å²) in [5.74, 6) is 2.35. The number of nitrogens with one attached hydrogen (secondary N) is 2. The van der Waals surface area contributed by atoms with E-state index in [1.807, 2.05) is 0 Å². The predicted octanol–water partition coefficient (Wildman–Crippen LogP) is 1.29. The highest BCUT2D eigenvalue weighted by atomic mass is 16.1. The Kier molecular flexibility index (Phi) is 4.87. The van der Waals surface area contributed by atoms with Crippen LogP contribution in [0.5, 0.6) is 0 Å². The van der Waals surface area contributed by atoms with Crippen molar-refractivity contribution in [3.8, 4) is 0 Å². The molecule has 7 nitrogen and oxygen atoms in total. The Balaban J connectivity index is 1.47. The third kappa shape index (κ3) is 3.57. The summed E-state index contributed by atoms with van der Waals surface area (Å²) in [4.78, 5) is 23.7. The number of carbonyl (C=O) groups excluding carboxylic acids is 1. The second-order valence-electron chi connectivity index (χ2n) is 7.95. The number of aromatic nitrogens is 2. The Morgan fingerprint density at radius 1 is 1.38 bits per heavy atom. The number of hydrogen-bond acceptors (Lipinski definition) is 3. The summed E-state index contributed by atoms with van der Waals surface area (Å²) < 4.78 is 2.28. The summed E-state index contributed by atoms with van der Waals surface area (Å²) in [7, 11) is 0. The summed E-state index contributed by atoms with van der Waals surface area (Å²) in [6, 6.07) is 0. The first-order valence-electron chi connectivity index (χ1n) is 10.0. The molecule has 0 aromatic carbocycles. The highest BCUT2D eigenvalue weighted by Crippen LogP contribution is 2.36. The number of piperidine rings is 1. The van der Waals surface area contributed by atoms with Gasteiger partial charge in [0.25, 0.3) is 0 Å². The molecule has 0 aliphatic carbocycles. The fourth-order valence-corrected chi connectivity index (χ4v) is 4.56. The van der Waals surface area contributed by atoms with E-state index in [0.717, 1.165) is 63.6 Å². The first kappa shape index (κ1) is 17.4. The topological polar surface area (TPSA) is 74.6 Å². The van der Waals surface area contributed by atoms with Crippen LogP contribution in [-0.4, -0.2) is 52.5 Å². The molecule has 4 heterocycles. The molecule has 1 spiro atoms. The lowest BCUT2D eigenvalue weighted by Crippen LogP contribution is -2.51. The fraction of sp³-hybridized carbons (Fsp3) is 0.737. The van der Waals surface area contributed by atoms with Crippen LogP contribution in [0.15, 0.2) is 11.2 Å². The standard InChI is InChI=1S/C19H30N6O/c1-2-20-18(21-11-15-12-24-8-4-3-6-16(24)23-15)25-9-5-7-19(14-25)10-17(26)22-13-19/h12H,2-11,13-14H2,1H3,(H,20,21)(H,22,26). The van der Waals surface area contributed by atoms with E-state index in [1.54, 1.807) is 0 Å². The Hall–Kier alpha value is -2.05. The molecule has 7 heteroatoms. The molecule has 0 bridgehead atoms. The first-order chi connectivity index (χ1) is 12.7. The summed E-state index contributed by atoms with van der Waals surface area (Å²) >= 11 is 0. The third-order valence-electron chi connectivity index (χ3n) is 5.84. The number of nitrogens with zero attached hydrogens (tertiary/aromatic N) is 4. The minimum Gasteiger partial charge on any atom is -0.357 e. The van der Waals surface area contributed by atoms with Gasteiger partial charge in [-0.25, -0.2) is 9.98 Å². The van der Waals surface area contributed by atoms with Crippen LogP contribution in [0.3, 0.4) is 0 Å². The van der Waals surface area contributed by atoms with Gasteiger partial charge >= 0.3 is 0 Å². The Morgan fingerprint density at radius 3 is 3.08 bits per heavy atom. The molecule has 4 rings (SSSR count). The molecule has 2 saturated heterocycles. The number of guanidine groups is 1. The first-order valence-corrected chi connectivity index (χ1v) is 10.0. The van der Waals surface area contributed by atoms with Gasteiger partial charge in [0.1, 0.15) is 5.82 Å². The van der Waals surface area contributed by atoms with Crippen molar-refractivity contribution in [2.75, 3.05) is 26.2 Å². The fourth-order valence-electron chi connectivity index (χ4n) is 4.56. The molecule has 3 aliphatic heterocycles. The minimum absolute atomic E-state index is 0.0824. The largest absolute Gasteiger partial charge is 0.357 e. The van der Waals surface area contributed by atoms with Gasteiger partial charge in [-0.1, -0.05) is 0 Å². The van der Waals surface area contributed by atoms with Crippen molar-refractivity contribution in [2.24, 2.45) is 10.4 Å². The van der Waals surface area contributed by atoms with Crippen LogP contribution in [0.4, 0.5) is 0 Å². The van der Waals surface area contributed by atoms with E-state index >= 15 is 0 Å². The second kappa shape index (κ2) is 7.29. The molecule has 0 saturated carbocycles. The molecule has 142 valence electrons. The normalized spacial score (nSPS) is 26.1. The zero-order valence-electron chi connectivity index (χ0n) is 15.8. The van der Waals surface area contributed by atoms with E-state index in [9.17, 15) is 4.79 Å². The van der Waals surface area contributed by atoms with E-state index < -0.39 is 0 Å². The number of hydrogen-bond donors (Lipinski definition) is 2. The molecule has 26 heavy (non-hydrogen) atoms. The summed E-state index contributed by atoms with van der Waals surface area (Å²) in [5.41, 5.74) is 1.14. The van der Waals surface area contributed by atoms with Gasteiger partial charge < -0.3 is 20.1 Å². The number of rotatable bonds is 3. The Morgan fingerprint density at radius 2 is 2.31 bits per heavy atom. The molecule has 1 amide bonds.